The summed E-state index contributed by atoms with van der Waals surface area (Å²) in [4.78, 5) is 96.7. The monoisotopic (exact) mass is 1370 g/mol. The van der Waals surface area contributed by atoms with Crippen molar-refractivity contribution in [3.05, 3.63) is 169 Å². The second-order valence-corrected chi connectivity index (χ2v) is 25.6. The number of aromatic nitrogens is 17. The number of aliphatic hydroxyl groups is 1. The Kier molecular flexibility index (Phi) is 30.0. The second-order valence-electron chi connectivity index (χ2n) is 22.3. The molecule has 0 unspecified atom stereocenters. The molecule has 0 aromatic carbocycles. The minimum absolute atomic E-state index is 0. The van der Waals surface area contributed by atoms with Crippen molar-refractivity contribution in [3.63, 3.8) is 0 Å². The van der Waals surface area contributed by atoms with Gasteiger partial charge in [0, 0.05) is 91.7 Å². The zero-order valence-corrected chi connectivity index (χ0v) is 59.8. The van der Waals surface area contributed by atoms with Crippen molar-refractivity contribution in [2.45, 2.75) is 124 Å². The van der Waals surface area contributed by atoms with Crippen LogP contribution in [0, 0.1) is 0 Å². The maximum atomic E-state index is 12.6. The zero-order valence-electron chi connectivity index (χ0n) is 56.5. The molecule has 0 aliphatic carbocycles. The number of hydrogen-bond acceptors (Lipinski definition) is 23. The van der Waals surface area contributed by atoms with Gasteiger partial charge in [-0.25, -0.2) is 37.8 Å². The fourth-order valence-electron chi connectivity index (χ4n) is 7.97. The molecule has 3 radical (unpaired) electrons. The van der Waals surface area contributed by atoms with Crippen LogP contribution in [0.15, 0.2) is 101 Å². The number of rotatable bonds is 12. The maximum Gasteiger partial charge on any atom is 1.00 e. The van der Waals surface area contributed by atoms with Crippen molar-refractivity contribution in [2.75, 3.05) is 6.26 Å². The minimum atomic E-state index is -3.19. The number of aldehydes is 1. The predicted molar refractivity (Wildman–Crippen MR) is 347 cm³/mol. The molecular weight excluding hydrogens is 1300 g/mol. The Morgan fingerprint density at radius 3 is 1.14 bits per heavy atom. The Morgan fingerprint density at radius 2 is 0.840 bits per heavy atom. The van der Waals surface area contributed by atoms with Crippen LogP contribution in [0.1, 0.15) is 162 Å². The maximum absolute atomic E-state index is 12.6. The Labute approximate surface area is 572 Å². The molecule has 94 heavy (non-hydrogen) atoms. The van der Waals surface area contributed by atoms with Crippen molar-refractivity contribution in [3.8, 4) is 0 Å². The summed E-state index contributed by atoms with van der Waals surface area (Å²) in [5, 5.41) is 27.8. The van der Waals surface area contributed by atoms with Crippen LogP contribution in [0.2, 0.25) is 0 Å². The molecular formula is C57H76BCl2N17NaO15S. The average molecular weight is 1380 g/mol. The van der Waals surface area contributed by atoms with Gasteiger partial charge in [0.1, 0.15) is 6.61 Å². The number of carbonyl (C=O) groups excluding carboxylic acids is 1. The van der Waals surface area contributed by atoms with Crippen molar-refractivity contribution in [1.29, 1.82) is 0 Å². The molecule has 0 saturated heterocycles. The van der Waals surface area contributed by atoms with Gasteiger partial charge in [0.2, 0.25) is 9.05 Å². The van der Waals surface area contributed by atoms with Crippen molar-refractivity contribution in [1.82, 2.24) is 82.3 Å². The fourth-order valence-corrected chi connectivity index (χ4v) is 8.09. The first-order valence-corrected chi connectivity index (χ1v) is 31.5. The van der Waals surface area contributed by atoms with Gasteiger partial charge in [-0.05, 0) is 29.6 Å². The van der Waals surface area contributed by atoms with Crippen molar-refractivity contribution < 1.29 is 71.9 Å². The van der Waals surface area contributed by atoms with E-state index in [9.17, 15) is 42.0 Å². The summed E-state index contributed by atoms with van der Waals surface area (Å²) in [7, 11) is 11.2. The number of aryl methyl sites for hydroxylation is 6. The van der Waals surface area contributed by atoms with Crippen LogP contribution in [0.25, 0.3) is 33.5 Å². The molecule has 0 atom stereocenters. The molecule has 2 N–H and O–H groups in total. The number of halogens is 2. The molecule has 11 aromatic heterocycles. The number of carbonyl (C=O) groups is 1. The quantitative estimate of drug-likeness (QED) is 0.0768. The first kappa shape index (κ1) is 80.0. The van der Waals surface area contributed by atoms with Gasteiger partial charge in [-0.3, -0.25) is 47.0 Å². The Morgan fingerprint density at radius 1 is 0.532 bits per heavy atom. The van der Waals surface area contributed by atoms with Gasteiger partial charge in [0.05, 0.1) is 72.7 Å². The molecule has 32 nitrogen and oxygen atoms in total. The number of fused-ring (bicyclic) bond motifs is 3. The van der Waals surface area contributed by atoms with Gasteiger partial charge >= 0.3 is 46.6 Å². The number of alkyl halides is 1. The molecule has 0 fully saturated rings. The van der Waals surface area contributed by atoms with E-state index in [2.05, 4.69) is 74.8 Å². The van der Waals surface area contributed by atoms with Gasteiger partial charge in [-0.2, -0.15) is 0 Å². The van der Waals surface area contributed by atoms with Gasteiger partial charge in [0.25, 0.3) is 16.7 Å². The molecule has 0 spiro atoms. The van der Waals surface area contributed by atoms with Gasteiger partial charge in [0.15, 0.2) is 68.6 Å². The smallest absolute Gasteiger partial charge is 1.00 e. The molecule has 37 heteroatoms. The van der Waals surface area contributed by atoms with E-state index < -0.39 is 31.7 Å². The third-order valence-electron chi connectivity index (χ3n) is 13.2. The van der Waals surface area contributed by atoms with Gasteiger partial charge < -0.3 is 42.8 Å². The van der Waals surface area contributed by atoms with Crippen LogP contribution < -0.4 is 63.3 Å². The molecule has 0 amide bonds. The number of aliphatic hydroxyl groups excluding tert-OH is 1. The van der Waals surface area contributed by atoms with E-state index in [4.69, 9.17) is 34.8 Å². The minimum Gasteiger partial charge on any atom is -1.00 e. The molecule has 0 saturated carbocycles. The molecule has 11 rings (SSSR count). The summed E-state index contributed by atoms with van der Waals surface area (Å²) >= 11 is 5.51. The number of H-pyrrole nitrogens is 1. The van der Waals surface area contributed by atoms with Crippen LogP contribution >= 0.6 is 22.3 Å². The number of hydrogen-bond donors (Lipinski definition) is 2. The molecule has 11 heterocycles. The normalized spacial score (nSPS) is 11.0. The first-order chi connectivity index (χ1) is 43.1. The Bertz CT molecular complexity index is 4570. The van der Waals surface area contributed by atoms with Gasteiger partial charge in [-0.1, -0.05) is 95.0 Å². The Balaban J connectivity index is 0.000000392. The van der Waals surface area contributed by atoms with E-state index in [1.54, 1.807) is 80.3 Å². The van der Waals surface area contributed by atoms with Gasteiger partial charge in [-0.15, -0.1) is 11.6 Å². The second kappa shape index (κ2) is 35.3. The van der Waals surface area contributed by atoms with Crippen LogP contribution in [0.3, 0.4) is 0 Å². The molecule has 11 aromatic rings. The summed E-state index contributed by atoms with van der Waals surface area (Å²) in [6, 6.07) is 8.84. The fraction of sp³-hybridized carbons (Fsp3) is 0.456. The average Bonchev–Trinajstić information content (AvgIpc) is 1.74. The molecule has 503 valence electrons. The van der Waals surface area contributed by atoms with Crippen LogP contribution in [0.4, 0.5) is 0 Å². The van der Waals surface area contributed by atoms with Crippen molar-refractivity contribution >= 4 is 79.5 Å². The van der Waals surface area contributed by atoms with E-state index in [-0.39, 0.29) is 82.0 Å². The van der Waals surface area contributed by atoms with Crippen molar-refractivity contribution in [2.24, 2.45) is 42.3 Å². The summed E-state index contributed by atoms with van der Waals surface area (Å²) in [6.45, 7) is 20.2. The molecule has 0 bridgehead atoms. The number of nitrogens with zero attached hydrogens (tertiary/aromatic N) is 16. The summed E-state index contributed by atoms with van der Waals surface area (Å²) in [6.07, 6.45) is 6.11. The van der Waals surface area contributed by atoms with E-state index in [0.29, 0.717) is 86.5 Å². The molecule has 0 aliphatic rings. The van der Waals surface area contributed by atoms with E-state index in [1.807, 2.05) is 61.5 Å². The number of imidazole rings is 3. The van der Waals surface area contributed by atoms with E-state index in [1.165, 1.54) is 32.7 Å². The van der Waals surface area contributed by atoms with Crippen LogP contribution in [-0.4, -0.2) is 117 Å². The third kappa shape index (κ3) is 20.9. The first-order valence-electron chi connectivity index (χ1n) is 28.2. The topological polar surface area (TPSA) is 398 Å². The largest absolute Gasteiger partial charge is 1.00 e. The zero-order chi connectivity index (χ0) is 68.8. The number of aromatic amines is 1. The predicted octanol–water partition coefficient (Wildman–Crippen LogP) is 2.51. The van der Waals surface area contributed by atoms with Crippen LogP contribution in [0.5, 0.6) is 0 Å². The Hall–Kier alpha value is -8.28. The summed E-state index contributed by atoms with van der Waals surface area (Å²) in [5.74, 6) is 4.46. The number of nitrogens with one attached hydrogen (secondary N) is 1. The third-order valence-corrected chi connectivity index (χ3v) is 13.5. The van der Waals surface area contributed by atoms with Crippen LogP contribution in [-0.2, 0) is 76.9 Å². The van der Waals surface area contributed by atoms with E-state index >= 15 is 0 Å². The molecule has 0 aliphatic heterocycles. The standard InChI is InChI=1S/2C14H17N5O3.C7H10ClNO.C7H8N4O2.C7H11NO2.C7H9NO2.CH3ClO2S.B.Na.H/c2*1-8(2)10-5-9(22-16-10)6-19-13(20)11-12(15-7-17(11)3)18(4)14(19)21;1-5(2)7-3-6(4-8)10-9-7;1-10-3-8-5-4(10)6(12)9-7(13)11(5)2;2*1-5(2)7-3-6(4-9)10-8-7;1-5(2,3)4;;;/h2*5,7-8H,6H2,1-4H3;3,5H,4H2,1-2H3;3H,1-2H3,(H,9,12,13);3,5,9H,4H2,1-2H3;3-5H,1-2H3;1H3;;;/q;;;;;;;;+1;-1. The summed E-state index contributed by atoms with van der Waals surface area (Å²) < 4.78 is 54.6. The van der Waals surface area contributed by atoms with E-state index in [0.717, 1.165) is 49.6 Å². The summed E-state index contributed by atoms with van der Waals surface area (Å²) in [5.41, 5.74) is 4.08. The SMILES string of the molecule is CC(C)c1cc(C=O)on1.CC(C)c1cc(CCl)on1.CC(C)c1cc(CO)on1.CC(C)c1cc(Cn2c(=O)c3c(ncn3C)n(C)c2=O)on1.CC(C)c1cc(Cn2c(=O)c3c(ncn3C)n(C)c2=O)on1.CS(=O)(=O)Cl.Cn1cnc2c1c(=O)[nH]c(=O)n2C.[B].[H-].[Na+].